The molecule has 1 heterocycles. The Morgan fingerprint density at radius 2 is 1.85 bits per heavy atom. The fraction of sp³-hybridized carbons (Fsp3) is 0.182. The molecular formula is C22H22ClN3O. The fourth-order valence-corrected chi connectivity index (χ4v) is 2.91. The molecule has 0 bridgehead atoms. The van der Waals surface area contributed by atoms with Crippen LogP contribution in [0.4, 0.5) is 11.5 Å². The monoisotopic (exact) mass is 379 g/mol. The lowest BCUT2D eigenvalue weighted by molar-refractivity contribution is -0.115. The van der Waals surface area contributed by atoms with Gasteiger partial charge in [-0.15, -0.1) is 0 Å². The Labute approximate surface area is 164 Å². The van der Waals surface area contributed by atoms with Gasteiger partial charge in [-0.25, -0.2) is 4.98 Å². The van der Waals surface area contributed by atoms with Crippen LogP contribution in [0, 0.1) is 6.92 Å². The van der Waals surface area contributed by atoms with Crippen LogP contribution in [0.1, 0.15) is 16.7 Å². The van der Waals surface area contributed by atoms with Crippen LogP contribution in [0.3, 0.4) is 0 Å². The number of benzene rings is 2. The number of halogens is 1. The van der Waals surface area contributed by atoms with Gasteiger partial charge in [0.25, 0.3) is 0 Å². The minimum atomic E-state index is -0.0534. The van der Waals surface area contributed by atoms with Crippen LogP contribution in [-0.4, -0.2) is 17.4 Å². The fourth-order valence-electron chi connectivity index (χ4n) is 2.70. The van der Waals surface area contributed by atoms with E-state index in [0.717, 1.165) is 29.4 Å². The van der Waals surface area contributed by atoms with Crippen LogP contribution in [0.15, 0.2) is 66.9 Å². The zero-order chi connectivity index (χ0) is 19.1. The summed E-state index contributed by atoms with van der Waals surface area (Å²) in [5.74, 6) is 0.718. The SMILES string of the molecule is Cc1ccc(CC(=O)Nc2ccc(NCCc3cccc(Cl)c3)nc2)cc1. The Bertz CT molecular complexity index is 892. The minimum absolute atomic E-state index is 0.0534. The average Bonchev–Trinajstić information content (AvgIpc) is 2.65. The number of anilines is 2. The molecule has 0 atom stereocenters. The van der Waals surface area contributed by atoms with Crippen molar-refractivity contribution in [3.05, 3.63) is 88.6 Å². The molecule has 0 aliphatic heterocycles. The molecule has 3 aromatic rings. The van der Waals surface area contributed by atoms with Crippen molar-refractivity contribution in [3.63, 3.8) is 0 Å². The van der Waals surface area contributed by atoms with E-state index in [1.54, 1.807) is 6.20 Å². The van der Waals surface area contributed by atoms with Gasteiger partial charge in [0.05, 0.1) is 18.3 Å². The maximum atomic E-state index is 12.1. The van der Waals surface area contributed by atoms with Crippen LogP contribution < -0.4 is 10.6 Å². The summed E-state index contributed by atoms with van der Waals surface area (Å²) >= 11 is 5.99. The smallest absolute Gasteiger partial charge is 0.228 e. The lowest BCUT2D eigenvalue weighted by atomic mass is 10.1. The second kappa shape index (κ2) is 9.19. The van der Waals surface area contributed by atoms with Crippen molar-refractivity contribution in [2.45, 2.75) is 19.8 Å². The molecule has 0 saturated carbocycles. The zero-order valence-electron chi connectivity index (χ0n) is 15.2. The predicted molar refractivity (Wildman–Crippen MR) is 111 cm³/mol. The van der Waals surface area contributed by atoms with E-state index in [1.807, 2.05) is 67.6 Å². The van der Waals surface area contributed by atoms with Gasteiger partial charge in [-0.2, -0.15) is 0 Å². The molecule has 2 N–H and O–H groups in total. The van der Waals surface area contributed by atoms with Crippen LogP contribution >= 0.6 is 11.6 Å². The van der Waals surface area contributed by atoms with Gasteiger partial charge in [-0.1, -0.05) is 53.6 Å². The largest absolute Gasteiger partial charge is 0.370 e. The van der Waals surface area contributed by atoms with Gasteiger partial charge in [0.15, 0.2) is 0 Å². The molecule has 0 aliphatic carbocycles. The third kappa shape index (κ3) is 6.12. The summed E-state index contributed by atoms with van der Waals surface area (Å²) in [7, 11) is 0. The number of amides is 1. The summed E-state index contributed by atoms with van der Waals surface area (Å²) in [6, 6.07) is 19.5. The summed E-state index contributed by atoms with van der Waals surface area (Å²) in [4.78, 5) is 16.5. The van der Waals surface area contributed by atoms with Gasteiger partial charge in [-0.05, 0) is 48.7 Å². The van der Waals surface area contributed by atoms with Crippen molar-refractivity contribution in [1.82, 2.24) is 4.98 Å². The second-order valence-electron chi connectivity index (χ2n) is 6.45. The van der Waals surface area contributed by atoms with E-state index in [1.165, 1.54) is 11.1 Å². The number of carbonyl (C=O) groups excluding carboxylic acids is 1. The van der Waals surface area contributed by atoms with Crippen LogP contribution in [-0.2, 0) is 17.6 Å². The van der Waals surface area contributed by atoms with Gasteiger partial charge < -0.3 is 10.6 Å². The highest BCUT2D eigenvalue weighted by Gasteiger charge is 2.05. The summed E-state index contributed by atoms with van der Waals surface area (Å²) in [6.07, 6.45) is 2.87. The van der Waals surface area contributed by atoms with Gasteiger partial charge in [0, 0.05) is 11.6 Å². The van der Waals surface area contributed by atoms with Crippen molar-refractivity contribution >= 4 is 29.0 Å². The number of nitrogens with one attached hydrogen (secondary N) is 2. The van der Waals surface area contributed by atoms with Gasteiger partial charge >= 0.3 is 0 Å². The van der Waals surface area contributed by atoms with E-state index < -0.39 is 0 Å². The average molecular weight is 380 g/mol. The lowest BCUT2D eigenvalue weighted by Gasteiger charge is -2.08. The highest BCUT2D eigenvalue weighted by atomic mass is 35.5. The molecule has 0 radical (unpaired) electrons. The predicted octanol–water partition coefficient (Wildman–Crippen LogP) is 4.88. The first kappa shape index (κ1) is 18.9. The molecule has 0 aliphatic rings. The third-order valence-corrected chi connectivity index (χ3v) is 4.38. The van der Waals surface area contributed by atoms with E-state index in [0.29, 0.717) is 12.1 Å². The maximum absolute atomic E-state index is 12.1. The first-order chi connectivity index (χ1) is 13.1. The maximum Gasteiger partial charge on any atom is 0.228 e. The number of hydrogen-bond donors (Lipinski definition) is 2. The number of aryl methyl sites for hydroxylation is 1. The third-order valence-electron chi connectivity index (χ3n) is 4.14. The van der Waals surface area contributed by atoms with Crippen LogP contribution in [0.2, 0.25) is 5.02 Å². The van der Waals surface area contributed by atoms with Gasteiger partial charge in [0.1, 0.15) is 5.82 Å². The summed E-state index contributed by atoms with van der Waals surface area (Å²) in [6.45, 7) is 2.78. The quantitative estimate of drug-likeness (QED) is 0.615. The highest BCUT2D eigenvalue weighted by Crippen LogP contribution is 2.13. The number of hydrogen-bond acceptors (Lipinski definition) is 3. The summed E-state index contributed by atoms with van der Waals surface area (Å²) in [5.41, 5.74) is 4.04. The standard InChI is InChI=1S/C22H22ClN3O/c1-16-5-7-18(8-6-16)14-22(27)26-20-9-10-21(25-15-20)24-12-11-17-3-2-4-19(23)13-17/h2-10,13,15H,11-12,14H2,1H3,(H,24,25)(H,26,27). The Morgan fingerprint density at radius 1 is 1.04 bits per heavy atom. The molecule has 0 fully saturated rings. The molecule has 4 nitrogen and oxygen atoms in total. The molecule has 3 rings (SSSR count). The van der Waals surface area contributed by atoms with Crippen molar-refractivity contribution in [3.8, 4) is 0 Å². The molecule has 1 amide bonds. The molecule has 27 heavy (non-hydrogen) atoms. The number of nitrogens with zero attached hydrogens (tertiary/aromatic N) is 1. The summed E-state index contributed by atoms with van der Waals surface area (Å²) in [5, 5.41) is 6.89. The molecule has 1 aromatic heterocycles. The number of rotatable bonds is 7. The lowest BCUT2D eigenvalue weighted by Crippen LogP contribution is -2.14. The molecule has 0 unspecified atom stereocenters. The Hall–Kier alpha value is -2.85. The van der Waals surface area contributed by atoms with Gasteiger partial charge in [0.2, 0.25) is 5.91 Å². The number of carbonyl (C=O) groups is 1. The molecule has 2 aromatic carbocycles. The minimum Gasteiger partial charge on any atom is -0.370 e. The molecule has 0 saturated heterocycles. The highest BCUT2D eigenvalue weighted by molar-refractivity contribution is 6.30. The van der Waals surface area contributed by atoms with Gasteiger partial charge in [-0.3, -0.25) is 4.79 Å². The van der Waals surface area contributed by atoms with E-state index >= 15 is 0 Å². The van der Waals surface area contributed by atoms with Crippen molar-refractivity contribution in [2.24, 2.45) is 0 Å². The van der Waals surface area contributed by atoms with E-state index in [9.17, 15) is 4.79 Å². The number of aromatic nitrogens is 1. The molecule has 5 heteroatoms. The molecule has 138 valence electrons. The Morgan fingerprint density at radius 3 is 2.56 bits per heavy atom. The van der Waals surface area contributed by atoms with Crippen LogP contribution in [0.5, 0.6) is 0 Å². The normalized spacial score (nSPS) is 10.4. The van der Waals surface area contributed by atoms with E-state index in [4.69, 9.17) is 11.6 Å². The van der Waals surface area contributed by atoms with E-state index in [2.05, 4.69) is 15.6 Å². The zero-order valence-corrected chi connectivity index (χ0v) is 16.0. The molecule has 0 spiro atoms. The number of pyridine rings is 1. The topological polar surface area (TPSA) is 54.0 Å². The molecular weight excluding hydrogens is 358 g/mol. The van der Waals surface area contributed by atoms with Crippen LogP contribution in [0.25, 0.3) is 0 Å². The first-order valence-corrected chi connectivity index (χ1v) is 9.26. The Kier molecular flexibility index (Phi) is 6.44. The Balaban J connectivity index is 1.46. The van der Waals surface area contributed by atoms with Crippen molar-refractivity contribution in [2.75, 3.05) is 17.2 Å². The van der Waals surface area contributed by atoms with Crippen molar-refractivity contribution in [1.29, 1.82) is 0 Å². The second-order valence-corrected chi connectivity index (χ2v) is 6.89. The van der Waals surface area contributed by atoms with E-state index in [-0.39, 0.29) is 5.91 Å². The first-order valence-electron chi connectivity index (χ1n) is 8.88. The summed E-state index contributed by atoms with van der Waals surface area (Å²) < 4.78 is 0. The van der Waals surface area contributed by atoms with Crippen molar-refractivity contribution < 1.29 is 4.79 Å².